The molecule has 0 radical (unpaired) electrons. The molecule has 0 amide bonds. The van der Waals surface area contributed by atoms with Gasteiger partial charge in [0.15, 0.2) is 0 Å². The minimum absolute atomic E-state index is 0.129. The van der Waals surface area contributed by atoms with E-state index in [1.54, 1.807) is 31.4 Å². The Hall–Kier alpha value is -2.80. The molecule has 0 aromatic heterocycles. The third kappa shape index (κ3) is 3.23. The molecule has 2 aromatic rings. The monoisotopic (exact) mass is 404 g/mol. The van der Waals surface area contributed by atoms with Gasteiger partial charge in [-0.25, -0.2) is 9.59 Å². The van der Waals surface area contributed by atoms with Crippen molar-refractivity contribution in [1.82, 2.24) is 0 Å². The van der Waals surface area contributed by atoms with Gasteiger partial charge in [-0.15, -0.1) is 0 Å². The quantitative estimate of drug-likeness (QED) is 0.768. The second-order valence-electron chi connectivity index (χ2n) is 5.19. The summed E-state index contributed by atoms with van der Waals surface area (Å²) in [5, 5.41) is 8.98. The molecular weight excluding hydrogens is 392 g/mol. The first-order chi connectivity index (χ1) is 11.9. The number of carbonyl (C=O) groups is 2. The summed E-state index contributed by atoms with van der Waals surface area (Å²) in [5.41, 5.74) is 0.702. The van der Waals surface area contributed by atoms with E-state index in [9.17, 15) is 9.59 Å². The molecule has 25 heavy (non-hydrogen) atoms. The summed E-state index contributed by atoms with van der Waals surface area (Å²) in [5.74, 6) is -2.07. The van der Waals surface area contributed by atoms with Crippen molar-refractivity contribution in [3.8, 4) is 11.5 Å². The molecule has 0 saturated heterocycles. The molecule has 0 aliphatic carbocycles. The summed E-state index contributed by atoms with van der Waals surface area (Å²) in [6.07, 6.45) is 1.29. The standard InChI is InChI=1S/C18H13BrO6/c1-23-13-8-4-12(5-9-13)18(15(19)10-16(20)25-18)24-14-6-2-11(3-7-14)17(21)22/h2-10H,1H3,(H,21,22)/t18-/m1/s1. The van der Waals surface area contributed by atoms with Crippen molar-refractivity contribution in [1.29, 1.82) is 0 Å². The maximum absolute atomic E-state index is 11.8. The van der Waals surface area contributed by atoms with Gasteiger partial charge in [-0.3, -0.25) is 0 Å². The number of halogens is 1. The minimum atomic E-state index is -1.48. The van der Waals surface area contributed by atoms with E-state index in [1.807, 2.05) is 0 Å². The van der Waals surface area contributed by atoms with Crippen molar-refractivity contribution in [2.24, 2.45) is 0 Å². The molecule has 0 spiro atoms. The highest BCUT2D eigenvalue weighted by atomic mass is 79.9. The third-order valence-electron chi connectivity index (χ3n) is 3.64. The highest BCUT2D eigenvalue weighted by Gasteiger charge is 2.47. The number of carboxylic acid groups (broad SMARTS) is 1. The number of esters is 1. The fourth-order valence-corrected chi connectivity index (χ4v) is 2.96. The predicted molar refractivity (Wildman–Crippen MR) is 91.8 cm³/mol. The van der Waals surface area contributed by atoms with Crippen LogP contribution >= 0.6 is 15.9 Å². The van der Waals surface area contributed by atoms with Crippen LogP contribution in [0.1, 0.15) is 15.9 Å². The fraction of sp³-hybridized carbons (Fsp3) is 0.111. The smallest absolute Gasteiger partial charge is 0.335 e. The Morgan fingerprint density at radius 1 is 1.08 bits per heavy atom. The van der Waals surface area contributed by atoms with Crippen LogP contribution < -0.4 is 9.47 Å². The third-order valence-corrected chi connectivity index (χ3v) is 4.39. The van der Waals surface area contributed by atoms with Gasteiger partial charge >= 0.3 is 17.7 Å². The number of carbonyl (C=O) groups excluding carboxylic acids is 1. The zero-order chi connectivity index (χ0) is 18.0. The lowest BCUT2D eigenvalue weighted by molar-refractivity contribution is -0.174. The SMILES string of the molecule is COc1ccc([C@@]2(Oc3ccc(C(=O)O)cc3)OC(=O)C=C2Br)cc1. The molecule has 1 aliphatic heterocycles. The van der Waals surface area contributed by atoms with E-state index in [-0.39, 0.29) is 5.56 Å². The molecule has 0 unspecified atom stereocenters. The van der Waals surface area contributed by atoms with Crippen LogP contribution in [-0.2, 0) is 15.3 Å². The molecule has 6 nitrogen and oxygen atoms in total. The average molecular weight is 405 g/mol. The average Bonchev–Trinajstić information content (AvgIpc) is 2.89. The number of hydrogen-bond donors (Lipinski definition) is 1. The van der Waals surface area contributed by atoms with Crippen molar-refractivity contribution >= 4 is 27.9 Å². The van der Waals surface area contributed by atoms with E-state index in [0.717, 1.165) is 0 Å². The number of methoxy groups -OCH3 is 1. The topological polar surface area (TPSA) is 82.1 Å². The fourth-order valence-electron chi connectivity index (χ4n) is 2.39. The Morgan fingerprint density at radius 2 is 1.68 bits per heavy atom. The van der Waals surface area contributed by atoms with Crippen LogP contribution in [0.3, 0.4) is 0 Å². The number of cyclic esters (lactones) is 1. The van der Waals surface area contributed by atoms with Crippen molar-refractivity contribution < 1.29 is 28.9 Å². The number of hydrogen-bond acceptors (Lipinski definition) is 5. The second kappa shape index (κ2) is 6.60. The highest BCUT2D eigenvalue weighted by molar-refractivity contribution is 9.11. The first-order valence-electron chi connectivity index (χ1n) is 7.22. The second-order valence-corrected chi connectivity index (χ2v) is 6.04. The first kappa shape index (κ1) is 17.0. The van der Waals surface area contributed by atoms with Gasteiger partial charge in [0.1, 0.15) is 11.5 Å². The normalized spacial score (nSPS) is 19.1. The molecule has 1 aliphatic rings. The van der Waals surface area contributed by atoms with E-state index in [0.29, 0.717) is 21.5 Å². The molecule has 7 heteroatoms. The summed E-state index contributed by atoms with van der Waals surface area (Å²) in [4.78, 5) is 22.7. The number of benzene rings is 2. The molecule has 1 atom stereocenters. The maximum atomic E-state index is 11.8. The largest absolute Gasteiger partial charge is 0.497 e. The number of ether oxygens (including phenoxy) is 3. The molecule has 0 bridgehead atoms. The molecule has 0 fully saturated rings. The van der Waals surface area contributed by atoms with Crippen LogP contribution in [0.25, 0.3) is 0 Å². The molecule has 1 N–H and O–H groups in total. The Morgan fingerprint density at radius 3 is 2.16 bits per heavy atom. The van der Waals surface area contributed by atoms with E-state index in [2.05, 4.69) is 15.9 Å². The summed E-state index contributed by atoms with van der Waals surface area (Å²) in [6.45, 7) is 0. The molecule has 0 saturated carbocycles. The first-order valence-corrected chi connectivity index (χ1v) is 8.01. The zero-order valence-electron chi connectivity index (χ0n) is 13.1. The van der Waals surface area contributed by atoms with Gasteiger partial charge in [0.05, 0.1) is 17.2 Å². The Labute approximate surface area is 151 Å². The molecular formula is C18H13BrO6. The van der Waals surface area contributed by atoms with Crippen LogP contribution in [0.4, 0.5) is 0 Å². The molecule has 1 heterocycles. The number of rotatable bonds is 5. The van der Waals surface area contributed by atoms with E-state index >= 15 is 0 Å². The van der Waals surface area contributed by atoms with Crippen LogP contribution in [0.5, 0.6) is 11.5 Å². The van der Waals surface area contributed by atoms with Gasteiger partial charge in [-0.2, -0.15) is 0 Å². The molecule has 3 rings (SSSR count). The summed E-state index contributed by atoms with van der Waals surface area (Å²) in [7, 11) is 1.55. The lowest BCUT2D eigenvalue weighted by Crippen LogP contribution is -2.34. The highest BCUT2D eigenvalue weighted by Crippen LogP contribution is 2.43. The van der Waals surface area contributed by atoms with Crippen molar-refractivity contribution in [2.45, 2.75) is 5.79 Å². The lowest BCUT2D eigenvalue weighted by atomic mass is 10.1. The summed E-state index contributed by atoms with van der Waals surface area (Å²) in [6, 6.07) is 12.7. The Bertz CT molecular complexity index is 841. The Balaban J connectivity index is 1.99. The summed E-state index contributed by atoms with van der Waals surface area (Å²) < 4.78 is 16.9. The van der Waals surface area contributed by atoms with Crippen LogP contribution in [0.15, 0.2) is 59.1 Å². The van der Waals surface area contributed by atoms with Gasteiger partial charge in [0.2, 0.25) is 0 Å². The van der Waals surface area contributed by atoms with Gasteiger partial charge in [0.25, 0.3) is 0 Å². The molecule has 2 aromatic carbocycles. The Kier molecular flexibility index (Phi) is 4.50. The number of aromatic carboxylic acids is 1. The summed E-state index contributed by atoms with van der Waals surface area (Å²) >= 11 is 3.33. The number of carboxylic acids is 1. The van der Waals surface area contributed by atoms with Gasteiger partial charge in [-0.05, 0) is 64.5 Å². The van der Waals surface area contributed by atoms with E-state index in [4.69, 9.17) is 19.3 Å². The van der Waals surface area contributed by atoms with Gasteiger partial charge in [-0.1, -0.05) is 0 Å². The van der Waals surface area contributed by atoms with Crippen molar-refractivity contribution in [3.05, 3.63) is 70.2 Å². The van der Waals surface area contributed by atoms with Crippen molar-refractivity contribution in [2.75, 3.05) is 7.11 Å². The maximum Gasteiger partial charge on any atom is 0.335 e. The predicted octanol–water partition coefficient (Wildman–Crippen LogP) is 3.46. The van der Waals surface area contributed by atoms with Crippen LogP contribution in [0, 0.1) is 0 Å². The lowest BCUT2D eigenvalue weighted by Gasteiger charge is -2.30. The van der Waals surface area contributed by atoms with Crippen LogP contribution in [-0.4, -0.2) is 24.2 Å². The van der Waals surface area contributed by atoms with Crippen LogP contribution in [0.2, 0.25) is 0 Å². The van der Waals surface area contributed by atoms with E-state index in [1.165, 1.54) is 30.3 Å². The van der Waals surface area contributed by atoms with Gasteiger partial charge in [0, 0.05) is 11.6 Å². The van der Waals surface area contributed by atoms with Gasteiger partial charge < -0.3 is 19.3 Å². The van der Waals surface area contributed by atoms with Crippen molar-refractivity contribution in [3.63, 3.8) is 0 Å². The molecule has 128 valence electrons. The van der Waals surface area contributed by atoms with E-state index < -0.39 is 17.7 Å². The minimum Gasteiger partial charge on any atom is -0.497 e. The zero-order valence-corrected chi connectivity index (χ0v) is 14.6.